The molecule has 2 nitrogen and oxygen atoms in total. The number of halogens is 1. The summed E-state index contributed by atoms with van der Waals surface area (Å²) in [7, 11) is 0. The van der Waals surface area contributed by atoms with Crippen LogP contribution in [0.5, 0.6) is 0 Å². The second kappa shape index (κ2) is 6.52. The van der Waals surface area contributed by atoms with E-state index < -0.39 is 0 Å². The minimum absolute atomic E-state index is 0.607. The lowest BCUT2D eigenvalue weighted by Crippen LogP contribution is -2.16. The van der Waals surface area contributed by atoms with Crippen LogP contribution in [-0.2, 0) is 6.54 Å². The van der Waals surface area contributed by atoms with Crippen LogP contribution in [0, 0.1) is 17.2 Å². The smallest absolute Gasteiger partial charge is 0.0992 e. The highest BCUT2D eigenvalue weighted by Gasteiger charge is 2.01. The van der Waals surface area contributed by atoms with Crippen molar-refractivity contribution in [2.45, 2.75) is 26.8 Å². The molecule has 16 heavy (non-hydrogen) atoms. The third-order valence-corrected chi connectivity index (χ3v) is 2.75. The van der Waals surface area contributed by atoms with Crippen LogP contribution in [0.4, 0.5) is 0 Å². The molecule has 0 amide bonds. The molecule has 0 fully saturated rings. The Morgan fingerprint density at radius 1 is 1.44 bits per heavy atom. The Labute approximate surface area is 102 Å². The maximum Gasteiger partial charge on any atom is 0.0992 e. The molecule has 3 heteroatoms. The van der Waals surface area contributed by atoms with Gasteiger partial charge in [0.25, 0.3) is 0 Å². The topological polar surface area (TPSA) is 35.8 Å². The molecule has 0 spiro atoms. The molecule has 86 valence electrons. The fourth-order valence-electron chi connectivity index (χ4n) is 1.37. The van der Waals surface area contributed by atoms with Gasteiger partial charge in [0.05, 0.1) is 11.6 Å². The molecule has 1 rings (SSSR count). The van der Waals surface area contributed by atoms with Gasteiger partial charge in [-0.05, 0) is 36.6 Å². The number of rotatable bonds is 5. The first kappa shape index (κ1) is 13.0. The maximum atomic E-state index is 8.70. The van der Waals surface area contributed by atoms with Gasteiger partial charge in [-0.2, -0.15) is 5.26 Å². The van der Waals surface area contributed by atoms with Crippen molar-refractivity contribution in [3.05, 3.63) is 34.3 Å². The molecule has 1 aromatic rings. The molecular weight excluding hydrogens is 220 g/mol. The molecule has 0 heterocycles. The van der Waals surface area contributed by atoms with E-state index in [1.165, 1.54) is 0 Å². The highest BCUT2D eigenvalue weighted by Crippen LogP contribution is 2.17. The summed E-state index contributed by atoms with van der Waals surface area (Å²) >= 11 is 6.06. The third-order valence-electron chi connectivity index (χ3n) is 2.40. The Hall–Kier alpha value is -1.04. The fourth-order valence-corrected chi connectivity index (χ4v) is 1.62. The lowest BCUT2D eigenvalue weighted by Gasteiger charge is -2.08. The van der Waals surface area contributed by atoms with Crippen LogP contribution < -0.4 is 5.32 Å². The highest BCUT2D eigenvalue weighted by atomic mass is 35.5. The van der Waals surface area contributed by atoms with E-state index in [0.717, 1.165) is 25.1 Å². The molecule has 1 N–H and O–H groups in total. The Morgan fingerprint density at radius 2 is 2.19 bits per heavy atom. The molecule has 0 aliphatic carbocycles. The molecule has 0 unspecified atom stereocenters. The summed E-state index contributed by atoms with van der Waals surface area (Å²) in [5, 5.41) is 12.7. The predicted octanol–water partition coefficient (Wildman–Crippen LogP) is 3.35. The van der Waals surface area contributed by atoms with E-state index in [1.807, 2.05) is 6.07 Å². The average molecular weight is 237 g/mol. The van der Waals surface area contributed by atoms with Gasteiger partial charge in [-0.3, -0.25) is 0 Å². The first-order chi connectivity index (χ1) is 7.63. The maximum absolute atomic E-state index is 8.70. The monoisotopic (exact) mass is 236 g/mol. The summed E-state index contributed by atoms with van der Waals surface area (Å²) in [5.74, 6) is 0.712. The summed E-state index contributed by atoms with van der Waals surface area (Å²) < 4.78 is 0. The SMILES string of the molecule is CC(C)CCNCc1ccc(C#N)cc1Cl. The van der Waals surface area contributed by atoms with Crippen molar-refractivity contribution in [3.63, 3.8) is 0 Å². The van der Waals surface area contributed by atoms with E-state index in [1.54, 1.807) is 12.1 Å². The van der Waals surface area contributed by atoms with Crippen molar-refractivity contribution >= 4 is 11.6 Å². The van der Waals surface area contributed by atoms with E-state index >= 15 is 0 Å². The van der Waals surface area contributed by atoms with Crippen molar-refractivity contribution in [2.24, 2.45) is 5.92 Å². The Kier molecular flexibility index (Phi) is 5.31. The van der Waals surface area contributed by atoms with Gasteiger partial charge in [-0.15, -0.1) is 0 Å². The van der Waals surface area contributed by atoms with Crippen LogP contribution >= 0.6 is 11.6 Å². The second-order valence-electron chi connectivity index (χ2n) is 4.28. The Bertz CT molecular complexity index is 380. The molecule has 0 aromatic heterocycles. The predicted molar refractivity (Wildman–Crippen MR) is 67.3 cm³/mol. The summed E-state index contributed by atoms with van der Waals surface area (Å²) in [6.07, 6.45) is 1.16. The molecule has 1 aromatic carbocycles. The zero-order valence-electron chi connectivity index (χ0n) is 9.76. The Balaban J connectivity index is 2.46. The van der Waals surface area contributed by atoms with Crippen LogP contribution in [0.25, 0.3) is 0 Å². The first-order valence-corrected chi connectivity index (χ1v) is 5.90. The standard InChI is InChI=1S/C13H17ClN2/c1-10(2)5-6-16-9-12-4-3-11(8-15)7-13(12)14/h3-4,7,10,16H,5-6,9H2,1-2H3. The zero-order valence-corrected chi connectivity index (χ0v) is 10.5. The lowest BCUT2D eigenvalue weighted by atomic mass is 10.1. The van der Waals surface area contributed by atoms with E-state index in [4.69, 9.17) is 16.9 Å². The lowest BCUT2D eigenvalue weighted by molar-refractivity contribution is 0.537. The van der Waals surface area contributed by atoms with Crippen LogP contribution in [-0.4, -0.2) is 6.54 Å². The first-order valence-electron chi connectivity index (χ1n) is 5.52. The van der Waals surface area contributed by atoms with Crippen molar-refractivity contribution < 1.29 is 0 Å². The molecule has 0 atom stereocenters. The van der Waals surface area contributed by atoms with E-state index in [9.17, 15) is 0 Å². The zero-order chi connectivity index (χ0) is 12.0. The summed E-state index contributed by atoms with van der Waals surface area (Å²) in [6, 6.07) is 7.48. The highest BCUT2D eigenvalue weighted by molar-refractivity contribution is 6.31. The van der Waals surface area contributed by atoms with Crippen LogP contribution in [0.2, 0.25) is 5.02 Å². The van der Waals surface area contributed by atoms with Crippen molar-refractivity contribution in [1.82, 2.24) is 5.32 Å². The van der Waals surface area contributed by atoms with Gasteiger partial charge in [-0.25, -0.2) is 0 Å². The molecule has 0 aliphatic rings. The van der Waals surface area contributed by atoms with E-state index in [2.05, 4.69) is 25.2 Å². The van der Waals surface area contributed by atoms with Crippen molar-refractivity contribution in [1.29, 1.82) is 5.26 Å². The molecule has 0 saturated heterocycles. The van der Waals surface area contributed by atoms with Crippen molar-refractivity contribution in [3.8, 4) is 6.07 Å². The molecule has 0 aliphatic heterocycles. The van der Waals surface area contributed by atoms with Gasteiger partial charge < -0.3 is 5.32 Å². The normalized spacial score (nSPS) is 10.4. The molecular formula is C13H17ClN2. The van der Waals surface area contributed by atoms with Gasteiger partial charge in [0.15, 0.2) is 0 Å². The fraction of sp³-hybridized carbons (Fsp3) is 0.462. The number of hydrogen-bond donors (Lipinski definition) is 1. The summed E-state index contributed by atoms with van der Waals surface area (Å²) in [6.45, 7) is 6.16. The van der Waals surface area contributed by atoms with Crippen LogP contribution in [0.1, 0.15) is 31.4 Å². The summed E-state index contributed by atoms with van der Waals surface area (Å²) in [5.41, 5.74) is 1.65. The molecule has 0 radical (unpaired) electrons. The number of hydrogen-bond acceptors (Lipinski definition) is 2. The molecule has 0 saturated carbocycles. The Morgan fingerprint density at radius 3 is 2.75 bits per heavy atom. The molecule has 0 bridgehead atoms. The van der Waals surface area contributed by atoms with E-state index in [-0.39, 0.29) is 0 Å². The van der Waals surface area contributed by atoms with Crippen molar-refractivity contribution in [2.75, 3.05) is 6.54 Å². The summed E-state index contributed by atoms with van der Waals surface area (Å²) in [4.78, 5) is 0. The van der Waals surface area contributed by atoms with Gasteiger partial charge in [0.1, 0.15) is 0 Å². The minimum Gasteiger partial charge on any atom is -0.313 e. The second-order valence-corrected chi connectivity index (χ2v) is 4.68. The quantitative estimate of drug-likeness (QED) is 0.796. The largest absolute Gasteiger partial charge is 0.313 e. The minimum atomic E-state index is 0.607. The average Bonchev–Trinajstić information content (AvgIpc) is 2.25. The van der Waals surface area contributed by atoms with Gasteiger partial charge in [0.2, 0.25) is 0 Å². The third kappa shape index (κ3) is 4.22. The van der Waals surface area contributed by atoms with Gasteiger partial charge >= 0.3 is 0 Å². The number of nitrogens with one attached hydrogen (secondary N) is 1. The number of benzene rings is 1. The van der Waals surface area contributed by atoms with E-state index in [0.29, 0.717) is 16.5 Å². The number of nitrogens with zero attached hydrogens (tertiary/aromatic N) is 1. The number of nitriles is 1. The van der Waals surface area contributed by atoms with Gasteiger partial charge in [-0.1, -0.05) is 31.5 Å². The van der Waals surface area contributed by atoms with Crippen LogP contribution in [0.15, 0.2) is 18.2 Å². The van der Waals surface area contributed by atoms with Gasteiger partial charge in [0, 0.05) is 11.6 Å². The van der Waals surface area contributed by atoms with Crippen LogP contribution in [0.3, 0.4) is 0 Å².